The molecule has 0 fully saturated rings. The van der Waals surface area contributed by atoms with Crippen LogP contribution in [0.25, 0.3) is 0 Å². The molecule has 1 aromatic heterocycles. The molecule has 0 radical (unpaired) electrons. The lowest BCUT2D eigenvalue weighted by Gasteiger charge is -2.07. The lowest BCUT2D eigenvalue weighted by Crippen LogP contribution is -2.02. The molecule has 1 heterocycles. The quantitative estimate of drug-likeness (QED) is 0.850. The average molecular weight is 233 g/mol. The maximum atomic E-state index is 5.61. The van der Waals surface area contributed by atoms with Gasteiger partial charge in [0.2, 0.25) is 0 Å². The fourth-order valence-corrected chi connectivity index (χ4v) is 1.45. The first-order valence-corrected chi connectivity index (χ1v) is 5.55. The number of ether oxygens (including phenoxy) is 1. The summed E-state index contributed by atoms with van der Waals surface area (Å²) < 4.78 is 10.6. The van der Waals surface area contributed by atoms with Crippen LogP contribution in [0.1, 0.15) is 24.2 Å². The van der Waals surface area contributed by atoms with Crippen LogP contribution in [0.2, 0.25) is 0 Å². The predicted molar refractivity (Wildman–Crippen MR) is 62.3 cm³/mol. The molecule has 2 rings (SSSR count). The van der Waals surface area contributed by atoms with Gasteiger partial charge in [0.15, 0.2) is 12.4 Å². The first-order chi connectivity index (χ1) is 8.33. The van der Waals surface area contributed by atoms with Gasteiger partial charge in [0.05, 0.1) is 0 Å². The molecule has 90 valence electrons. The van der Waals surface area contributed by atoms with E-state index in [2.05, 4.69) is 10.1 Å². The molecule has 0 saturated heterocycles. The lowest BCUT2D eigenvalue weighted by molar-refractivity contribution is 0.240. The second-order valence-corrected chi connectivity index (χ2v) is 3.56. The van der Waals surface area contributed by atoms with E-state index in [1.807, 2.05) is 31.2 Å². The smallest absolute Gasteiger partial charge is 0.264 e. The molecule has 2 aromatic rings. The van der Waals surface area contributed by atoms with Crippen molar-refractivity contribution in [3.63, 3.8) is 0 Å². The molecule has 0 amide bonds. The van der Waals surface area contributed by atoms with Crippen LogP contribution in [0.5, 0.6) is 5.75 Å². The largest absolute Gasteiger partial charge is 0.483 e. The van der Waals surface area contributed by atoms with E-state index in [0.717, 1.165) is 17.7 Å². The van der Waals surface area contributed by atoms with Crippen LogP contribution in [-0.2, 0) is 19.6 Å². The van der Waals surface area contributed by atoms with Gasteiger partial charge in [0.1, 0.15) is 5.75 Å². The van der Waals surface area contributed by atoms with E-state index in [0.29, 0.717) is 18.3 Å². The Kier molecular flexibility index (Phi) is 3.72. The van der Waals surface area contributed by atoms with Gasteiger partial charge >= 0.3 is 0 Å². The number of para-hydroxylation sites is 1. The summed E-state index contributed by atoms with van der Waals surface area (Å²) in [4.78, 5) is 4.17. The summed E-state index contributed by atoms with van der Waals surface area (Å²) in [6, 6.07) is 7.64. The zero-order valence-corrected chi connectivity index (χ0v) is 9.72. The number of nitrogens with zero attached hydrogens (tertiary/aromatic N) is 2. The Hall–Kier alpha value is -1.88. The number of aryl methyl sites for hydroxylation is 1. The summed E-state index contributed by atoms with van der Waals surface area (Å²) >= 11 is 0. The van der Waals surface area contributed by atoms with E-state index in [1.54, 1.807) is 0 Å². The van der Waals surface area contributed by atoms with Crippen LogP contribution in [0.3, 0.4) is 0 Å². The monoisotopic (exact) mass is 233 g/mol. The Morgan fingerprint density at radius 2 is 2.18 bits per heavy atom. The van der Waals surface area contributed by atoms with Gasteiger partial charge in [-0.3, -0.25) is 0 Å². The molecule has 0 atom stereocenters. The van der Waals surface area contributed by atoms with Crippen molar-refractivity contribution in [2.24, 2.45) is 5.73 Å². The van der Waals surface area contributed by atoms with Gasteiger partial charge in [-0.1, -0.05) is 30.3 Å². The molecular formula is C12H15N3O2. The Bertz CT molecular complexity index is 482. The standard InChI is InChI=1S/C12H15N3O2/c1-2-11-14-12(17-15-11)8-16-10-6-4-3-5-9(10)7-13/h3-6H,2,7-8,13H2,1H3. The zero-order valence-electron chi connectivity index (χ0n) is 9.72. The minimum absolute atomic E-state index is 0.268. The fraction of sp³-hybridized carbons (Fsp3) is 0.333. The van der Waals surface area contributed by atoms with Gasteiger partial charge < -0.3 is 15.0 Å². The maximum absolute atomic E-state index is 5.61. The molecule has 0 aliphatic heterocycles. The third kappa shape index (κ3) is 2.82. The van der Waals surface area contributed by atoms with Crippen molar-refractivity contribution in [2.75, 3.05) is 0 Å². The average Bonchev–Trinajstić information content (AvgIpc) is 2.84. The van der Waals surface area contributed by atoms with Crippen LogP contribution in [0, 0.1) is 0 Å². The van der Waals surface area contributed by atoms with Gasteiger partial charge in [-0.15, -0.1) is 0 Å². The summed E-state index contributed by atoms with van der Waals surface area (Å²) in [5.74, 6) is 1.93. The van der Waals surface area contributed by atoms with Crippen LogP contribution < -0.4 is 10.5 Å². The zero-order chi connectivity index (χ0) is 12.1. The molecule has 2 N–H and O–H groups in total. The lowest BCUT2D eigenvalue weighted by atomic mass is 10.2. The maximum Gasteiger partial charge on any atom is 0.264 e. The molecule has 17 heavy (non-hydrogen) atoms. The molecule has 0 aliphatic rings. The molecule has 0 bridgehead atoms. The third-order valence-corrected chi connectivity index (χ3v) is 2.37. The Labute approximate surface area is 99.6 Å². The first kappa shape index (κ1) is 11.6. The van der Waals surface area contributed by atoms with Gasteiger partial charge in [-0.25, -0.2) is 0 Å². The molecule has 0 spiro atoms. The first-order valence-electron chi connectivity index (χ1n) is 5.55. The van der Waals surface area contributed by atoms with Crippen molar-refractivity contribution in [2.45, 2.75) is 26.5 Å². The molecule has 5 heteroatoms. The van der Waals surface area contributed by atoms with Crippen LogP contribution >= 0.6 is 0 Å². The summed E-state index contributed by atoms with van der Waals surface area (Å²) in [6.07, 6.45) is 0.753. The molecule has 0 saturated carbocycles. The van der Waals surface area contributed by atoms with Crippen LogP contribution in [-0.4, -0.2) is 10.1 Å². The third-order valence-electron chi connectivity index (χ3n) is 2.37. The highest BCUT2D eigenvalue weighted by Gasteiger charge is 2.07. The molecular weight excluding hydrogens is 218 g/mol. The summed E-state index contributed by atoms with van der Waals surface area (Å²) in [5.41, 5.74) is 6.57. The van der Waals surface area contributed by atoms with Gasteiger partial charge in [-0.05, 0) is 6.07 Å². The van der Waals surface area contributed by atoms with Crippen molar-refractivity contribution >= 4 is 0 Å². The number of hydrogen-bond donors (Lipinski definition) is 1. The van der Waals surface area contributed by atoms with Gasteiger partial charge in [0, 0.05) is 18.5 Å². The highest BCUT2D eigenvalue weighted by atomic mass is 16.5. The topological polar surface area (TPSA) is 74.2 Å². The SMILES string of the molecule is CCc1noc(COc2ccccc2CN)n1. The minimum atomic E-state index is 0.268. The van der Waals surface area contributed by atoms with Crippen LogP contribution in [0.4, 0.5) is 0 Å². The highest BCUT2D eigenvalue weighted by molar-refractivity contribution is 5.32. The van der Waals surface area contributed by atoms with Crippen LogP contribution in [0.15, 0.2) is 28.8 Å². The van der Waals surface area contributed by atoms with E-state index in [-0.39, 0.29) is 6.61 Å². The number of aromatic nitrogens is 2. The van der Waals surface area contributed by atoms with Crippen molar-refractivity contribution in [3.8, 4) is 5.75 Å². The Balaban J connectivity index is 2.01. The summed E-state index contributed by atoms with van der Waals surface area (Å²) in [7, 11) is 0. The molecule has 0 unspecified atom stereocenters. The van der Waals surface area contributed by atoms with Gasteiger partial charge in [-0.2, -0.15) is 4.98 Å². The predicted octanol–water partition coefficient (Wildman–Crippen LogP) is 1.67. The Morgan fingerprint density at radius 3 is 2.88 bits per heavy atom. The molecule has 1 aromatic carbocycles. The van der Waals surface area contributed by atoms with Crippen molar-refractivity contribution in [1.29, 1.82) is 0 Å². The second-order valence-electron chi connectivity index (χ2n) is 3.56. The number of nitrogens with two attached hydrogens (primary N) is 1. The van der Waals surface area contributed by atoms with E-state index < -0.39 is 0 Å². The minimum Gasteiger partial charge on any atom is -0.483 e. The van der Waals surface area contributed by atoms with E-state index in [1.165, 1.54) is 0 Å². The van der Waals surface area contributed by atoms with Crippen molar-refractivity contribution in [1.82, 2.24) is 10.1 Å². The second kappa shape index (κ2) is 5.45. The number of benzene rings is 1. The van der Waals surface area contributed by atoms with E-state index in [9.17, 15) is 0 Å². The highest BCUT2D eigenvalue weighted by Crippen LogP contribution is 2.18. The summed E-state index contributed by atoms with van der Waals surface area (Å²) in [6.45, 7) is 2.68. The number of rotatable bonds is 5. The normalized spacial score (nSPS) is 10.5. The fourth-order valence-electron chi connectivity index (χ4n) is 1.45. The van der Waals surface area contributed by atoms with E-state index in [4.69, 9.17) is 15.0 Å². The van der Waals surface area contributed by atoms with Crippen molar-refractivity contribution < 1.29 is 9.26 Å². The van der Waals surface area contributed by atoms with Gasteiger partial charge in [0.25, 0.3) is 5.89 Å². The van der Waals surface area contributed by atoms with Crippen molar-refractivity contribution in [3.05, 3.63) is 41.5 Å². The summed E-state index contributed by atoms with van der Waals surface area (Å²) in [5, 5.41) is 3.80. The Morgan fingerprint density at radius 1 is 1.35 bits per heavy atom. The molecule has 0 aliphatic carbocycles. The number of hydrogen-bond acceptors (Lipinski definition) is 5. The van der Waals surface area contributed by atoms with E-state index >= 15 is 0 Å². The molecule has 5 nitrogen and oxygen atoms in total.